The Morgan fingerprint density at radius 2 is 2.11 bits per heavy atom. The van der Waals surface area contributed by atoms with Crippen molar-refractivity contribution in [3.63, 3.8) is 0 Å². The lowest BCUT2D eigenvalue weighted by Gasteiger charge is -2.43. The predicted octanol–water partition coefficient (Wildman–Crippen LogP) is 3.29. The maximum atomic E-state index is 5.81. The molecule has 3 unspecified atom stereocenters. The van der Waals surface area contributed by atoms with Gasteiger partial charge < -0.3 is 11.1 Å². The van der Waals surface area contributed by atoms with E-state index in [2.05, 4.69) is 31.1 Å². The topological polar surface area (TPSA) is 50.9 Å². The third kappa shape index (κ3) is 1.60. The Bertz CT molecular complexity index is 464. The van der Waals surface area contributed by atoms with Crippen molar-refractivity contribution in [2.45, 2.75) is 46.1 Å². The molecule has 18 heavy (non-hydrogen) atoms. The first-order valence-corrected chi connectivity index (χ1v) is 6.89. The molecular weight excluding hydrogens is 222 g/mol. The summed E-state index contributed by atoms with van der Waals surface area (Å²) < 4.78 is 0. The van der Waals surface area contributed by atoms with Gasteiger partial charge in [0.15, 0.2) is 0 Å². The molecule has 0 amide bonds. The van der Waals surface area contributed by atoms with Crippen molar-refractivity contribution < 1.29 is 0 Å². The monoisotopic (exact) mass is 245 g/mol. The lowest BCUT2D eigenvalue weighted by atomic mass is 9.68. The van der Waals surface area contributed by atoms with Crippen LogP contribution in [0.4, 0.5) is 11.4 Å². The molecular formula is C15H23N3. The van der Waals surface area contributed by atoms with E-state index < -0.39 is 0 Å². The average molecular weight is 245 g/mol. The Labute approximate surface area is 109 Å². The highest BCUT2D eigenvalue weighted by atomic mass is 15.0. The van der Waals surface area contributed by atoms with Crippen LogP contribution in [0.2, 0.25) is 0 Å². The summed E-state index contributed by atoms with van der Waals surface area (Å²) in [6, 6.07) is 2.51. The summed E-state index contributed by atoms with van der Waals surface area (Å²) in [5.74, 6) is 0.856. The van der Waals surface area contributed by atoms with Gasteiger partial charge in [-0.25, -0.2) is 0 Å². The number of nitrogens with zero attached hydrogens (tertiary/aromatic N) is 1. The summed E-state index contributed by atoms with van der Waals surface area (Å²) in [6.45, 7) is 7.23. The number of pyridine rings is 1. The van der Waals surface area contributed by atoms with Crippen LogP contribution < -0.4 is 11.1 Å². The van der Waals surface area contributed by atoms with Crippen molar-refractivity contribution in [2.24, 2.45) is 16.7 Å². The van der Waals surface area contributed by atoms with Crippen LogP contribution in [-0.2, 0) is 0 Å². The first kappa shape index (κ1) is 11.8. The molecule has 2 saturated carbocycles. The van der Waals surface area contributed by atoms with Crippen LogP contribution in [0.15, 0.2) is 18.5 Å². The number of aromatic nitrogens is 1. The van der Waals surface area contributed by atoms with Gasteiger partial charge in [0.25, 0.3) is 0 Å². The molecule has 0 radical (unpaired) electrons. The average Bonchev–Trinajstić information content (AvgIpc) is 2.76. The number of hydrogen-bond donors (Lipinski definition) is 2. The van der Waals surface area contributed by atoms with Crippen molar-refractivity contribution in [2.75, 3.05) is 11.1 Å². The van der Waals surface area contributed by atoms with Crippen LogP contribution in [0.1, 0.15) is 40.0 Å². The van der Waals surface area contributed by atoms with Crippen molar-refractivity contribution in [1.29, 1.82) is 0 Å². The van der Waals surface area contributed by atoms with Crippen LogP contribution in [0.3, 0.4) is 0 Å². The minimum Gasteiger partial charge on any atom is -0.397 e. The molecule has 1 aromatic heterocycles. The zero-order valence-electron chi connectivity index (χ0n) is 11.5. The number of fused-ring (bicyclic) bond motifs is 2. The van der Waals surface area contributed by atoms with Gasteiger partial charge in [-0.1, -0.05) is 20.8 Å². The third-order valence-electron chi connectivity index (χ3n) is 5.34. The summed E-state index contributed by atoms with van der Waals surface area (Å²) in [6.07, 6.45) is 7.65. The van der Waals surface area contributed by atoms with E-state index in [4.69, 9.17) is 5.73 Å². The van der Waals surface area contributed by atoms with Gasteiger partial charge >= 0.3 is 0 Å². The number of hydrogen-bond acceptors (Lipinski definition) is 3. The zero-order chi connectivity index (χ0) is 13.0. The summed E-state index contributed by atoms with van der Waals surface area (Å²) >= 11 is 0. The van der Waals surface area contributed by atoms with Gasteiger partial charge in [-0.3, -0.25) is 4.98 Å². The molecule has 3 heteroatoms. The molecule has 1 heterocycles. The SMILES string of the molecule is CC12CCC(C1)C(C)(C)C2Nc1cncc(N)c1. The fourth-order valence-corrected chi connectivity index (χ4v) is 4.37. The molecule has 0 aromatic carbocycles. The van der Waals surface area contributed by atoms with Crippen LogP contribution in [0.25, 0.3) is 0 Å². The van der Waals surface area contributed by atoms with Gasteiger partial charge in [-0.15, -0.1) is 0 Å². The summed E-state index contributed by atoms with van der Waals surface area (Å²) in [4.78, 5) is 4.17. The highest BCUT2D eigenvalue weighted by Gasteiger charge is 2.59. The number of nitrogen functional groups attached to an aromatic ring is 1. The Kier molecular flexibility index (Phi) is 2.38. The molecule has 3 rings (SSSR count). The smallest absolute Gasteiger partial charge is 0.0549 e. The van der Waals surface area contributed by atoms with Gasteiger partial charge in [-0.2, -0.15) is 0 Å². The minimum absolute atomic E-state index is 0.359. The molecule has 3 nitrogen and oxygen atoms in total. The third-order valence-corrected chi connectivity index (χ3v) is 5.34. The highest BCUT2D eigenvalue weighted by Crippen LogP contribution is 2.63. The second-order valence-corrected chi connectivity index (χ2v) is 7.00. The Hall–Kier alpha value is -1.25. The number of nitrogens with one attached hydrogen (secondary N) is 1. The highest BCUT2D eigenvalue weighted by molar-refractivity contribution is 5.52. The molecule has 0 spiro atoms. The lowest BCUT2D eigenvalue weighted by Crippen LogP contribution is -2.45. The maximum absolute atomic E-state index is 5.81. The van der Waals surface area contributed by atoms with Crippen molar-refractivity contribution in [3.05, 3.63) is 18.5 Å². The number of rotatable bonds is 2. The van der Waals surface area contributed by atoms with Crippen molar-refractivity contribution in [1.82, 2.24) is 4.98 Å². The van der Waals surface area contributed by atoms with E-state index in [0.717, 1.165) is 17.3 Å². The summed E-state index contributed by atoms with van der Waals surface area (Å²) in [5, 5.41) is 3.70. The molecule has 2 fully saturated rings. The standard InChI is InChI=1S/C15H23N3/c1-14(2)10-4-5-15(3,7-10)13(14)18-12-6-11(16)8-17-9-12/h6,8-10,13,18H,4-5,7,16H2,1-3H3. The van der Waals surface area contributed by atoms with E-state index in [1.165, 1.54) is 19.3 Å². The van der Waals surface area contributed by atoms with Gasteiger partial charge in [0.1, 0.15) is 0 Å². The van der Waals surface area contributed by atoms with E-state index in [0.29, 0.717) is 16.9 Å². The van der Waals surface area contributed by atoms with Gasteiger partial charge in [0.05, 0.1) is 17.6 Å². The van der Waals surface area contributed by atoms with E-state index in [9.17, 15) is 0 Å². The van der Waals surface area contributed by atoms with Gasteiger partial charge in [0.2, 0.25) is 0 Å². The van der Waals surface area contributed by atoms with Crippen LogP contribution >= 0.6 is 0 Å². The Morgan fingerprint density at radius 3 is 2.72 bits per heavy atom. The molecule has 2 aliphatic carbocycles. The molecule has 2 aliphatic rings. The normalized spacial score (nSPS) is 36.8. The zero-order valence-corrected chi connectivity index (χ0v) is 11.5. The van der Waals surface area contributed by atoms with Crippen LogP contribution in [0, 0.1) is 16.7 Å². The molecule has 0 saturated heterocycles. The number of nitrogens with two attached hydrogens (primary N) is 1. The quantitative estimate of drug-likeness (QED) is 0.840. The fraction of sp³-hybridized carbons (Fsp3) is 0.667. The molecule has 1 aromatic rings. The van der Waals surface area contributed by atoms with E-state index in [1.807, 2.05) is 12.3 Å². The van der Waals surface area contributed by atoms with Crippen LogP contribution in [0.5, 0.6) is 0 Å². The van der Waals surface area contributed by atoms with Crippen molar-refractivity contribution >= 4 is 11.4 Å². The molecule has 3 N–H and O–H groups in total. The second kappa shape index (κ2) is 3.62. The number of anilines is 2. The van der Waals surface area contributed by atoms with E-state index >= 15 is 0 Å². The molecule has 3 atom stereocenters. The van der Waals surface area contributed by atoms with E-state index in [1.54, 1.807) is 6.20 Å². The summed E-state index contributed by atoms with van der Waals surface area (Å²) in [5.41, 5.74) is 8.38. The second-order valence-electron chi connectivity index (χ2n) is 7.00. The van der Waals surface area contributed by atoms with Crippen LogP contribution in [-0.4, -0.2) is 11.0 Å². The maximum Gasteiger partial charge on any atom is 0.0549 e. The van der Waals surface area contributed by atoms with E-state index in [-0.39, 0.29) is 0 Å². The first-order valence-electron chi connectivity index (χ1n) is 6.89. The fourth-order valence-electron chi connectivity index (χ4n) is 4.37. The van der Waals surface area contributed by atoms with Gasteiger partial charge in [-0.05, 0) is 42.1 Å². The summed E-state index contributed by atoms with van der Waals surface area (Å²) in [7, 11) is 0. The minimum atomic E-state index is 0.359. The molecule has 0 aliphatic heterocycles. The van der Waals surface area contributed by atoms with Crippen molar-refractivity contribution in [3.8, 4) is 0 Å². The Morgan fingerprint density at radius 1 is 1.33 bits per heavy atom. The lowest BCUT2D eigenvalue weighted by molar-refractivity contribution is 0.155. The predicted molar refractivity (Wildman–Crippen MR) is 75.3 cm³/mol. The molecule has 98 valence electrons. The molecule has 2 bridgehead atoms. The largest absolute Gasteiger partial charge is 0.397 e. The Balaban J connectivity index is 1.88. The first-order chi connectivity index (χ1) is 8.42. The van der Waals surface area contributed by atoms with Gasteiger partial charge in [0, 0.05) is 12.2 Å².